The highest BCUT2D eigenvalue weighted by molar-refractivity contribution is 5.83. The fourth-order valence-electron chi connectivity index (χ4n) is 0.384. The topological polar surface area (TPSA) is 122 Å². The van der Waals surface area contributed by atoms with E-state index in [1.165, 1.54) is 5.43 Å². The molecule has 0 saturated heterocycles. The molecular formula is C4H7N3O4. The van der Waals surface area contributed by atoms with Crippen molar-refractivity contribution < 1.29 is 14.7 Å². The number of hydrogen-bond donors (Lipinski definition) is 3. The van der Waals surface area contributed by atoms with Crippen molar-refractivity contribution in [2.75, 3.05) is 0 Å². The molecule has 0 aromatic rings. The summed E-state index contributed by atoms with van der Waals surface area (Å²) in [6.45, 7) is 0. The Hall–Kier alpha value is -1.50. The quantitative estimate of drug-likeness (QED) is 0.345. The summed E-state index contributed by atoms with van der Waals surface area (Å²) >= 11 is 0. The van der Waals surface area contributed by atoms with Crippen LogP contribution in [-0.2, 0) is 9.59 Å². The third-order valence-electron chi connectivity index (χ3n) is 0.893. The Morgan fingerprint density at radius 3 is 2.55 bits per heavy atom. The number of carboxylic acids is 1. The van der Waals surface area contributed by atoms with E-state index < -0.39 is 24.3 Å². The van der Waals surface area contributed by atoms with E-state index in [-0.39, 0.29) is 0 Å². The lowest BCUT2D eigenvalue weighted by molar-refractivity contribution is -0.140. The number of nitroso groups, excluding NO2 is 1. The molecule has 1 atom stereocenters. The van der Waals surface area contributed by atoms with E-state index >= 15 is 0 Å². The van der Waals surface area contributed by atoms with Gasteiger partial charge >= 0.3 is 5.97 Å². The molecule has 0 radical (unpaired) electrons. The molecule has 0 spiro atoms. The zero-order valence-corrected chi connectivity index (χ0v) is 5.48. The molecule has 0 fully saturated rings. The van der Waals surface area contributed by atoms with Gasteiger partial charge in [0.1, 0.15) is 6.04 Å². The van der Waals surface area contributed by atoms with E-state index in [2.05, 4.69) is 0 Å². The monoisotopic (exact) mass is 161 g/mol. The van der Waals surface area contributed by atoms with Gasteiger partial charge in [-0.3, -0.25) is 9.59 Å². The Balaban J connectivity index is 3.74. The van der Waals surface area contributed by atoms with Crippen molar-refractivity contribution >= 4 is 11.9 Å². The number of carboxylic acid groups (broad SMARTS) is 1. The predicted molar refractivity (Wildman–Crippen MR) is 34.2 cm³/mol. The number of amides is 1. The minimum atomic E-state index is -1.30. The Morgan fingerprint density at radius 1 is 1.64 bits per heavy atom. The molecule has 0 aromatic heterocycles. The van der Waals surface area contributed by atoms with Crippen molar-refractivity contribution in [1.29, 1.82) is 0 Å². The Kier molecular flexibility index (Phi) is 3.75. The van der Waals surface area contributed by atoms with Gasteiger partial charge in [-0.05, 0) is 0 Å². The molecule has 0 bridgehead atoms. The summed E-state index contributed by atoms with van der Waals surface area (Å²) in [6, 6.07) is -1.29. The molecule has 62 valence electrons. The highest BCUT2D eigenvalue weighted by Gasteiger charge is 2.15. The number of nitrogens with one attached hydrogen (secondary N) is 1. The maximum Gasteiger partial charge on any atom is 0.321 e. The van der Waals surface area contributed by atoms with Crippen LogP contribution in [0.3, 0.4) is 0 Å². The van der Waals surface area contributed by atoms with Crippen LogP contribution in [0.25, 0.3) is 0 Å². The first-order chi connectivity index (χ1) is 5.07. The number of aliphatic carboxylic acids is 1. The first-order valence-electron chi connectivity index (χ1n) is 2.67. The normalized spacial score (nSPS) is 11.7. The number of rotatable bonds is 4. The number of carbonyl (C=O) groups is 2. The minimum absolute atomic E-state index is 0.457. The molecule has 0 aliphatic rings. The van der Waals surface area contributed by atoms with Gasteiger partial charge in [-0.25, -0.2) is 5.43 Å². The van der Waals surface area contributed by atoms with Crippen molar-refractivity contribution in [2.45, 2.75) is 12.5 Å². The van der Waals surface area contributed by atoms with Crippen LogP contribution < -0.4 is 11.2 Å². The van der Waals surface area contributed by atoms with Gasteiger partial charge in [-0.2, -0.15) is 0 Å². The summed E-state index contributed by atoms with van der Waals surface area (Å²) in [6.07, 6.45) is -0.457. The molecule has 0 heterocycles. The van der Waals surface area contributed by atoms with Crippen LogP contribution >= 0.6 is 0 Å². The Bertz CT molecular complexity index is 180. The number of nitrogens with two attached hydrogens (primary N) is 1. The average molecular weight is 161 g/mol. The molecule has 1 unspecified atom stereocenters. The fourth-order valence-corrected chi connectivity index (χ4v) is 0.384. The van der Waals surface area contributed by atoms with Gasteiger partial charge in [0.2, 0.25) is 5.91 Å². The van der Waals surface area contributed by atoms with Gasteiger partial charge in [0.15, 0.2) is 0 Å². The molecule has 0 saturated carbocycles. The first-order valence-corrected chi connectivity index (χ1v) is 2.67. The predicted octanol–water partition coefficient (Wildman–Crippen LogP) is -1.41. The molecule has 0 aromatic carbocycles. The van der Waals surface area contributed by atoms with Crippen molar-refractivity contribution in [3.05, 3.63) is 4.91 Å². The van der Waals surface area contributed by atoms with Gasteiger partial charge in [0.25, 0.3) is 0 Å². The van der Waals surface area contributed by atoms with Crippen molar-refractivity contribution in [3.63, 3.8) is 0 Å². The summed E-state index contributed by atoms with van der Waals surface area (Å²) in [5, 5.41) is 10.2. The maximum atomic E-state index is 10.4. The summed E-state index contributed by atoms with van der Waals surface area (Å²) in [5.41, 5.74) is 6.46. The van der Waals surface area contributed by atoms with Gasteiger partial charge in [-0.1, -0.05) is 0 Å². The van der Waals surface area contributed by atoms with E-state index in [9.17, 15) is 14.5 Å². The van der Waals surface area contributed by atoms with Crippen LogP contribution in [0.4, 0.5) is 0 Å². The van der Waals surface area contributed by atoms with Crippen molar-refractivity contribution in [1.82, 2.24) is 5.43 Å². The Labute approximate surface area is 61.5 Å². The van der Waals surface area contributed by atoms with Crippen LogP contribution in [0.1, 0.15) is 6.42 Å². The second-order valence-electron chi connectivity index (χ2n) is 1.78. The van der Waals surface area contributed by atoms with Gasteiger partial charge in [0, 0.05) is 0 Å². The largest absolute Gasteiger partial charge is 0.480 e. The number of nitrogens with zero attached hydrogens (tertiary/aromatic N) is 1. The molecule has 7 nitrogen and oxygen atoms in total. The fraction of sp³-hybridized carbons (Fsp3) is 0.500. The van der Waals surface area contributed by atoms with Crippen LogP contribution in [0.5, 0.6) is 0 Å². The lowest BCUT2D eigenvalue weighted by atomic mass is 10.2. The zero-order chi connectivity index (χ0) is 8.85. The van der Waals surface area contributed by atoms with Crippen molar-refractivity contribution in [2.24, 2.45) is 11.0 Å². The van der Waals surface area contributed by atoms with Crippen molar-refractivity contribution in [3.8, 4) is 0 Å². The summed E-state index contributed by atoms with van der Waals surface area (Å²) < 4.78 is 0. The lowest BCUT2D eigenvalue weighted by Crippen LogP contribution is -2.35. The van der Waals surface area contributed by atoms with Gasteiger partial charge in [0.05, 0.1) is 11.7 Å². The standard InChI is InChI=1S/C4H7N3O4/c5-2(4(9)10)1-3(8)6-7-11/h2H,1,5H2,(H,9,10)(H,6,8,11). The van der Waals surface area contributed by atoms with Crippen LogP contribution in [0, 0.1) is 4.91 Å². The van der Waals surface area contributed by atoms with Crippen LogP contribution in [0.15, 0.2) is 5.29 Å². The highest BCUT2D eigenvalue weighted by Crippen LogP contribution is 1.87. The molecule has 4 N–H and O–H groups in total. The molecule has 0 aliphatic heterocycles. The smallest absolute Gasteiger partial charge is 0.321 e. The van der Waals surface area contributed by atoms with E-state index in [0.717, 1.165) is 0 Å². The van der Waals surface area contributed by atoms with E-state index in [4.69, 9.17) is 10.8 Å². The third kappa shape index (κ3) is 3.98. The average Bonchev–Trinajstić information content (AvgIpc) is 1.87. The molecule has 7 heteroatoms. The van der Waals surface area contributed by atoms with Gasteiger partial charge in [-0.15, -0.1) is 4.91 Å². The molecule has 0 rings (SSSR count). The molecule has 1 amide bonds. The van der Waals surface area contributed by atoms with E-state index in [0.29, 0.717) is 0 Å². The summed E-state index contributed by atoms with van der Waals surface area (Å²) in [5.74, 6) is -2.11. The minimum Gasteiger partial charge on any atom is -0.480 e. The number of hydrogen-bond acceptors (Lipinski definition) is 5. The highest BCUT2D eigenvalue weighted by atomic mass is 16.4. The second-order valence-corrected chi connectivity index (χ2v) is 1.78. The van der Waals surface area contributed by atoms with Crippen LogP contribution in [0.2, 0.25) is 0 Å². The lowest BCUT2D eigenvalue weighted by Gasteiger charge is -2.01. The van der Waals surface area contributed by atoms with Crippen LogP contribution in [-0.4, -0.2) is 23.0 Å². The zero-order valence-electron chi connectivity index (χ0n) is 5.48. The second kappa shape index (κ2) is 4.34. The first kappa shape index (κ1) is 9.50. The SMILES string of the molecule is NC(CC(=O)NN=O)C(=O)O. The maximum absolute atomic E-state index is 10.4. The Morgan fingerprint density at radius 2 is 2.18 bits per heavy atom. The van der Waals surface area contributed by atoms with E-state index in [1.54, 1.807) is 0 Å². The van der Waals surface area contributed by atoms with Gasteiger partial charge < -0.3 is 10.8 Å². The number of carbonyl (C=O) groups excluding carboxylic acids is 1. The molecule has 0 aliphatic carbocycles. The summed E-state index contributed by atoms with van der Waals surface area (Å²) in [7, 11) is 0. The summed E-state index contributed by atoms with van der Waals surface area (Å²) in [4.78, 5) is 29.8. The molecular weight excluding hydrogens is 154 g/mol. The third-order valence-corrected chi connectivity index (χ3v) is 0.893. The van der Waals surface area contributed by atoms with E-state index in [1.807, 2.05) is 5.29 Å². The molecule has 11 heavy (non-hydrogen) atoms.